The molecule has 0 amide bonds. The standard InChI is InChI=1S/C16H18FNO2S2/c17-13-7-3-4-10-16(13)22(19,20)18-11-5-1-2-8-14(18)15-9-6-12-21-15/h3-4,6-7,9-10,12,14H,1-2,5,8,11H2/t14-/m1/s1. The largest absolute Gasteiger partial charge is 0.246 e. The maximum absolute atomic E-state index is 14.0. The van der Waals surface area contributed by atoms with E-state index in [0.717, 1.165) is 30.6 Å². The predicted octanol–water partition coefficient (Wildman–Crippen LogP) is 4.19. The number of hydrogen-bond acceptors (Lipinski definition) is 3. The van der Waals surface area contributed by atoms with Gasteiger partial charge < -0.3 is 0 Å². The molecule has 1 aromatic heterocycles. The van der Waals surface area contributed by atoms with Gasteiger partial charge in [-0.1, -0.05) is 31.0 Å². The zero-order valence-corrected chi connectivity index (χ0v) is 13.7. The third kappa shape index (κ3) is 2.95. The number of sulfonamides is 1. The fourth-order valence-corrected chi connectivity index (χ4v) is 5.60. The van der Waals surface area contributed by atoms with Crippen molar-refractivity contribution >= 4 is 21.4 Å². The second-order valence-electron chi connectivity index (χ2n) is 5.43. The van der Waals surface area contributed by atoms with Gasteiger partial charge in [-0.25, -0.2) is 12.8 Å². The number of halogens is 1. The van der Waals surface area contributed by atoms with Crippen molar-refractivity contribution in [1.82, 2.24) is 4.31 Å². The van der Waals surface area contributed by atoms with Crippen molar-refractivity contribution in [2.24, 2.45) is 0 Å². The Hall–Kier alpha value is -1.24. The van der Waals surface area contributed by atoms with Gasteiger partial charge in [0.05, 0.1) is 6.04 Å². The first kappa shape index (κ1) is 15.6. The van der Waals surface area contributed by atoms with E-state index in [1.165, 1.54) is 22.5 Å². The molecule has 1 atom stereocenters. The van der Waals surface area contributed by atoms with Gasteiger partial charge in [0.2, 0.25) is 10.0 Å². The van der Waals surface area contributed by atoms with Crippen molar-refractivity contribution in [2.75, 3.05) is 6.54 Å². The van der Waals surface area contributed by atoms with Crippen LogP contribution < -0.4 is 0 Å². The summed E-state index contributed by atoms with van der Waals surface area (Å²) in [7, 11) is -3.83. The summed E-state index contributed by atoms with van der Waals surface area (Å²) < 4.78 is 41.4. The Kier molecular flexibility index (Phi) is 4.61. The van der Waals surface area contributed by atoms with Crippen LogP contribution in [0.25, 0.3) is 0 Å². The molecule has 0 saturated carbocycles. The van der Waals surface area contributed by atoms with E-state index in [0.29, 0.717) is 6.54 Å². The van der Waals surface area contributed by atoms with Gasteiger partial charge in [-0.2, -0.15) is 4.31 Å². The van der Waals surface area contributed by atoms with Crippen molar-refractivity contribution < 1.29 is 12.8 Å². The first-order valence-corrected chi connectivity index (χ1v) is 9.72. The van der Waals surface area contributed by atoms with E-state index in [1.54, 1.807) is 17.4 Å². The van der Waals surface area contributed by atoms with E-state index < -0.39 is 15.8 Å². The number of nitrogens with zero attached hydrogens (tertiary/aromatic N) is 1. The third-order valence-corrected chi connectivity index (χ3v) is 6.91. The average Bonchev–Trinajstić information content (AvgIpc) is 2.91. The molecule has 1 aliphatic heterocycles. The van der Waals surface area contributed by atoms with Crippen LogP contribution in [0.2, 0.25) is 0 Å². The Morgan fingerprint density at radius 3 is 2.64 bits per heavy atom. The number of benzene rings is 1. The summed E-state index contributed by atoms with van der Waals surface area (Å²) in [4.78, 5) is 0.806. The molecule has 0 N–H and O–H groups in total. The molecule has 6 heteroatoms. The van der Waals surface area contributed by atoms with Crippen LogP contribution in [0.1, 0.15) is 36.6 Å². The summed E-state index contributed by atoms with van der Waals surface area (Å²) in [6.45, 7) is 0.444. The van der Waals surface area contributed by atoms with E-state index in [1.807, 2.05) is 17.5 Å². The smallest absolute Gasteiger partial charge is 0.207 e. The van der Waals surface area contributed by atoms with Crippen LogP contribution in [-0.2, 0) is 10.0 Å². The molecule has 2 aromatic rings. The zero-order valence-electron chi connectivity index (χ0n) is 12.1. The highest BCUT2D eigenvalue weighted by atomic mass is 32.2. The summed E-state index contributed by atoms with van der Waals surface area (Å²) in [5, 5.41) is 1.95. The minimum absolute atomic E-state index is 0.188. The van der Waals surface area contributed by atoms with Gasteiger partial charge in [0.15, 0.2) is 0 Å². The van der Waals surface area contributed by atoms with Gasteiger partial charge in [0.25, 0.3) is 0 Å². The van der Waals surface area contributed by atoms with E-state index in [9.17, 15) is 12.8 Å². The normalized spacial score (nSPS) is 20.7. The van der Waals surface area contributed by atoms with Crippen LogP contribution in [0, 0.1) is 5.82 Å². The molecular formula is C16H18FNO2S2. The SMILES string of the molecule is O=S(=O)(c1ccccc1F)N1CCCCC[C@@H]1c1cccs1. The minimum Gasteiger partial charge on any atom is -0.207 e. The molecule has 3 rings (SSSR count). The molecule has 3 nitrogen and oxygen atoms in total. The Morgan fingerprint density at radius 1 is 1.09 bits per heavy atom. The third-order valence-electron chi connectivity index (χ3n) is 4.00. The molecule has 1 aliphatic rings. The Bertz CT molecular complexity index is 728. The van der Waals surface area contributed by atoms with Crippen molar-refractivity contribution in [3.05, 3.63) is 52.5 Å². The Balaban J connectivity index is 2.04. The van der Waals surface area contributed by atoms with Crippen LogP contribution in [0.4, 0.5) is 4.39 Å². The van der Waals surface area contributed by atoms with Gasteiger partial charge in [-0.3, -0.25) is 0 Å². The molecule has 1 fully saturated rings. The molecule has 22 heavy (non-hydrogen) atoms. The van der Waals surface area contributed by atoms with Gasteiger partial charge >= 0.3 is 0 Å². The quantitative estimate of drug-likeness (QED) is 0.841. The molecule has 1 aromatic carbocycles. The van der Waals surface area contributed by atoms with Crippen LogP contribution in [0.3, 0.4) is 0 Å². The molecule has 1 saturated heterocycles. The van der Waals surface area contributed by atoms with E-state index in [2.05, 4.69) is 0 Å². The summed E-state index contributed by atoms with van der Waals surface area (Å²) in [5.41, 5.74) is 0. The van der Waals surface area contributed by atoms with Crippen LogP contribution in [0.15, 0.2) is 46.7 Å². The van der Waals surface area contributed by atoms with Crippen molar-refractivity contribution in [3.63, 3.8) is 0 Å². The van der Waals surface area contributed by atoms with E-state index in [4.69, 9.17) is 0 Å². The molecule has 118 valence electrons. The van der Waals surface area contributed by atoms with Gasteiger partial charge in [-0.15, -0.1) is 11.3 Å². The van der Waals surface area contributed by atoms with Crippen LogP contribution in [0.5, 0.6) is 0 Å². The lowest BCUT2D eigenvalue weighted by atomic mass is 10.1. The topological polar surface area (TPSA) is 37.4 Å². The summed E-state index contributed by atoms with van der Waals surface area (Å²) >= 11 is 1.56. The lowest BCUT2D eigenvalue weighted by molar-refractivity contribution is 0.331. The Labute approximate surface area is 134 Å². The first-order valence-electron chi connectivity index (χ1n) is 7.40. The zero-order chi connectivity index (χ0) is 15.6. The maximum Gasteiger partial charge on any atom is 0.246 e. The lowest BCUT2D eigenvalue weighted by Crippen LogP contribution is -2.35. The van der Waals surface area contributed by atoms with Gasteiger partial charge in [0, 0.05) is 11.4 Å². The monoisotopic (exact) mass is 339 g/mol. The average molecular weight is 339 g/mol. The fraction of sp³-hybridized carbons (Fsp3) is 0.375. The second kappa shape index (κ2) is 6.48. The van der Waals surface area contributed by atoms with Crippen molar-refractivity contribution in [1.29, 1.82) is 0 Å². The lowest BCUT2D eigenvalue weighted by Gasteiger charge is -2.28. The predicted molar refractivity (Wildman–Crippen MR) is 85.8 cm³/mol. The maximum atomic E-state index is 14.0. The molecule has 0 aliphatic carbocycles. The van der Waals surface area contributed by atoms with Crippen molar-refractivity contribution in [3.8, 4) is 0 Å². The Morgan fingerprint density at radius 2 is 1.91 bits per heavy atom. The first-order chi connectivity index (χ1) is 10.6. The summed E-state index contributed by atoms with van der Waals surface area (Å²) in [6, 6.07) is 9.32. The number of thiophene rings is 1. The highest BCUT2D eigenvalue weighted by Crippen LogP contribution is 2.36. The number of rotatable bonds is 3. The van der Waals surface area contributed by atoms with E-state index in [-0.39, 0.29) is 10.9 Å². The molecule has 0 bridgehead atoms. The van der Waals surface area contributed by atoms with Crippen molar-refractivity contribution in [2.45, 2.75) is 36.6 Å². The summed E-state index contributed by atoms with van der Waals surface area (Å²) in [5.74, 6) is -0.684. The van der Waals surface area contributed by atoms with E-state index >= 15 is 0 Å². The van der Waals surface area contributed by atoms with Gasteiger partial charge in [0.1, 0.15) is 10.7 Å². The summed E-state index contributed by atoms with van der Waals surface area (Å²) in [6.07, 6.45) is 3.60. The fourth-order valence-electron chi connectivity index (χ4n) is 2.91. The van der Waals surface area contributed by atoms with Crippen LogP contribution >= 0.6 is 11.3 Å². The highest BCUT2D eigenvalue weighted by Gasteiger charge is 2.35. The highest BCUT2D eigenvalue weighted by molar-refractivity contribution is 7.89. The molecule has 2 heterocycles. The molecule has 0 radical (unpaired) electrons. The molecule has 0 spiro atoms. The second-order valence-corrected chi connectivity index (χ2v) is 8.26. The number of hydrogen-bond donors (Lipinski definition) is 0. The molecule has 0 unspecified atom stereocenters. The molecular weight excluding hydrogens is 321 g/mol. The minimum atomic E-state index is -3.83. The van der Waals surface area contributed by atoms with Crippen LogP contribution in [-0.4, -0.2) is 19.3 Å². The van der Waals surface area contributed by atoms with Gasteiger partial charge in [-0.05, 0) is 36.4 Å².